The third-order valence-electron chi connectivity index (χ3n) is 8.53. The van der Waals surface area contributed by atoms with Crippen LogP contribution in [0.25, 0.3) is 0 Å². The maximum Gasteiger partial charge on any atom is 0.227 e. The molecular weight excluding hydrogens is 511 g/mol. The van der Waals surface area contributed by atoms with Crippen molar-refractivity contribution in [2.75, 3.05) is 40.3 Å². The van der Waals surface area contributed by atoms with Gasteiger partial charge >= 0.3 is 0 Å². The highest BCUT2D eigenvalue weighted by atomic mass is 35.5. The Hall–Kier alpha value is -2.89. The van der Waals surface area contributed by atoms with Crippen molar-refractivity contribution in [3.8, 4) is 5.75 Å². The van der Waals surface area contributed by atoms with Gasteiger partial charge in [0.1, 0.15) is 11.9 Å². The predicted molar refractivity (Wildman–Crippen MR) is 157 cm³/mol. The number of halogens is 2. The molecule has 1 heterocycles. The monoisotopic (exact) mass is 550 g/mol. The summed E-state index contributed by atoms with van der Waals surface area (Å²) in [6.45, 7) is 2.60. The zero-order valence-electron chi connectivity index (χ0n) is 23.0. The third kappa shape index (κ3) is 6.15. The molecule has 5 rings (SSSR count). The number of likely N-dealkylation sites (tertiary alicyclic amines) is 1. The van der Waals surface area contributed by atoms with E-state index in [2.05, 4.69) is 53.4 Å². The first-order valence-corrected chi connectivity index (χ1v) is 13.9. The smallest absolute Gasteiger partial charge is 0.227 e. The second kappa shape index (κ2) is 13.0. The minimum atomic E-state index is -0.898. The Kier molecular flexibility index (Phi) is 9.68. The van der Waals surface area contributed by atoms with Crippen LogP contribution in [0.15, 0.2) is 84.9 Å². The number of benzene rings is 3. The fourth-order valence-corrected chi connectivity index (χ4v) is 6.67. The zero-order chi connectivity index (χ0) is 26.5. The minimum Gasteiger partial charge on any atom is -0.493 e. The molecule has 1 aliphatic heterocycles. The van der Waals surface area contributed by atoms with Crippen molar-refractivity contribution in [1.29, 1.82) is 0 Å². The van der Waals surface area contributed by atoms with Gasteiger partial charge in [0, 0.05) is 36.5 Å². The number of rotatable bonds is 9. The molecule has 0 N–H and O–H groups in total. The predicted octanol–water partition coefficient (Wildman–Crippen LogP) is 6.17. The van der Waals surface area contributed by atoms with E-state index in [-0.39, 0.29) is 42.0 Å². The first kappa shape index (κ1) is 29.1. The molecule has 3 atom stereocenters. The second-order valence-corrected chi connectivity index (χ2v) is 11.1. The standard InChI is InChI=1S/C33H39FN2O2.ClH/c1-35(2)20-11-21-38-31-17-10-9-12-25(31)22-32(37)36-23-28-29(24-36)33(19-18-30(28)34,26-13-5-3-6-14-26)27-15-7-4-8-16-27;/h3-10,12-17,28-30H,11,18-24H2,1-2H3;1H/t28-,29?,30+;/m0./s1. The highest BCUT2D eigenvalue weighted by molar-refractivity contribution is 5.85. The molecule has 1 saturated carbocycles. The Labute approximate surface area is 238 Å². The first-order chi connectivity index (χ1) is 18.5. The first-order valence-electron chi connectivity index (χ1n) is 13.9. The van der Waals surface area contributed by atoms with Crippen molar-refractivity contribution in [3.05, 3.63) is 102 Å². The van der Waals surface area contributed by atoms with Gasteiger partial charge in [0.05, 0.1) is 13.0 Å². The molecule has 0 bridgehead atoms. The summed E-state index contributed by atoms with van der Waals surface area (Å²) in [6.07, 6.45) is 1.55. The maximum atomic E-state index is 15.5. The van der Waals surface area contributed by atoms with Crippen LogP contribution in [0.4, 0.5) is 4.39 Å². The van der Waals surface area contributed by atoms with Crippen LogP contribution < -0.4 is 4.74 Å². The Morgan fingerprint density at radius 1 is 0.949 bits per heavy atom. The number of para-hydroxylation sites is 1. The van der Waals surface area contributed by atoms with Crippen LogP contribution in [0.5, 0.6) is 5.75 Å². The number of nitrogens with zero attached hydrogens (tertiary/aromatic N) is 2. The molecule has 208 valence electrons. The van der Waals surface area contributed by atoms with E-state index in [4.69, 9.17) is 4.74 Å². The Balaban J connectivity index is 0.00000353. The summed E-state index contributed by atoms with van der Waals surface area (Å²) in [4.78, 5) is 17.7. The Bertz CT molecular complexity index is 1170. The number of hydrogen-bond acceptors (Lipinski definition) is 3. The Morgan fingerprint density at radius 3 is 2.21 bits per heavy atom. The molecule has 2 aliphatic rings. The second-order valence-electron chi connectivity index (χ2n) is 11.1. The van der Waals surface area contributed by atoms with Gasteiger partial charge in [-0.05, 0) is 56.5 Å². The molecule has 3 aromatic rings. The number of fused-ring (bicyclic) bond motifs is 1. The molecule has 6 heteroatoms. The molecule has 4 nitrogen and oxygen atoms in total. The average molecular weight is 551 g/mol. The normalized spacial score (nSPS) is 21.7. The van der Waals surface area contributed by atoms with Crippen molar-refractivity contribution in [2.45, 2.75) is 37.3 Å². The average Bonchev–Trinajstić information content (AvgIpc) is 3.41. The number of hydrogen-bond donors (Lipinski definition) is 0. The highest BCUT2D eigenvalue weighted by Gasteiger charge is 2.55. The molecule has 3 aromatic carbocycles. The number of alkyl halides is 1. The van der Waals surface area contributed by atoms with Gasteiger partial charge in [0.15, 0.2) is 0 Å². The van der Waals surface area contributed by atoms with Gasteiger partial charge in [-0.15, -0.1) is 12.4 Å². The fourth-order valence-electron chi connectivity index (χ4n) is 6.67. The zero-order valence-corrected chi connectivity index (χ0v) is 23.8. The lowest BCUT2D eigenvalue weighted by molar-refractivity contribution is -0.129. The van der Waals surface area contributed by atoms with Gasteiger partial charge in [-0.2, -0.15) is 0 Å². The van der Waals surface area contributed by atoms with Gasteiger partial charge in [0.25, 0.3) is 0 Å². The number of carbonyl (C=O) groups is 1. The molecule has 1 amide bonds. The van der Waals surface area contributed by atoms with E-state index in [1.165, 1.54) is 11.1 Å². The van der Waals surface area contributed by atoms with Gasteiger partial charge in [-0.1, -0.05) is 78.9 Å². The molecule has 1 saturated heterocycles. The lowest BCUT2D eigenvalue weighted by Gasteiger charge is -2.47. The number of amides is 1. The van der Waals surface area contributed by atoms with Crippen LogP contribution in [-0.2, 0) is 16.6 Å². The largest absolute Gasteiger partial charge is 0.493 e. The molecule has 1 unspecified atom stereocenters. The van der Waals surface area contributed by atoms with Crippen molar-refractivity contribution in [1.82, 2.24) is 9.80 Å². The van der Waals surface area contributed by atoms with Gasteiger partial charge in [-0.25, -0.2) is 4.39 Å². The summed E-state index contributed by atoms with van der Waals surface area (Å²) in [6, 6.07) is 28.9. The van der Waals surface area contributed by atoms with Gasteiger partial charge < -0.3 is 14.5 Å². The summed E-state index contributed by atoms with van der Waals surface area (Å²) >= 11 is 0. The van der Waals surface area contributed by atoms with E-state index in [0.29, 0.717) is 26.1 Å². The van der Waals surface area contributed by atoms with Gasteiger partial charge in [0.2, 0.25) is 5.91 Å². The molecule has 0 spiro atoms. The molecular formula is C33H40ClFN2O2. The summed E-state index contributed by atoms with van der Waals surface area (Å²) in [7, 11) is 4.10. The van der Waals surface area contributed by atoms with Crippen molar-refractivity contribution in [3.63, 3.8) is 0 Å². The quantitative estimate of drug-likeness (QED) is 0.298. The van der Waals surface area contributed by atoms with E-state index >= 15 is 4.39 Å². The lowest BCUT2D eigenvalue weighted by atomic mass is 9.56. The van der Waals surface area contributed by atoms with Crippen LogP contribution in [0, 0.1) is 11.8 Å². The maximum absolute atomic E-state index is 15.5. The topological polar surface area (TPSA) is 32.8 Å². The van der Waals surface area contributed by atoms with Crippen LogP contribution in [0.3, 0.4) is 0 Å². The number of carbonyl (C=O) groups excluding carboxylic acids is 1. The number of ether oxygens (including phenoxy) is 1. The lowest BCUT2D eigenvalue weighted by Crippen LogP contribution is -2.47. The summed E-state index contributed by atoms with van der Waals surface area (Å²) in [5, 5.41) is 0. The van der Waals surface area contributed by atoms with E-state index in [9.17, 15) is 4.79 Å². The SMILES string of the molecule is CN(C)CCCOc1ccccc1CC(=O)N1CC2[C@H](C1)[C@H](F)CCC2(c1ccccc1)c1ccccc1.Cl. The molecule has 0 radical (unpaired) electrons. The molecule has 39 heavy (non-hydrogen) atoms. The van der Waals surface area contributed by atoms with Crippen LogP contribution >= 0.6 is 12.4 Å². The van der Waals surface area contributed by atoms with E-state index in [1.807, 2.05) is 55.4 Å². The molecule has 0 aromatic heterocycles. The fraction of sp³-hybridized carbons (Fsp3) is 0.424. The third-order valence-corrected chi connectivity index (χ3v) is 8.53. The Morgan fingerprint density at radius 2 is 1.56 bits per heavy atom. The van der Waals surface area contributed by atoms with Crippen LogP contribution in [-0.4, -0.2) is 62.2 Å². The van der Waals surface area contributed by atoms with E-state index in [0.717, 1.165) is 30.7 Å². The summed E-state index contributed by atoms with van der Waals surface area (Å²) in [5.41, 5.74) is 3.03. The summed E-state index contributed by atoms with van der Waals surface area (Å²) in [5.74, 6) is 0.664. The molecule has 2 fully saturated rings. The van der Waals surface area contributed by atoms with E-state index < -0.39 is 6.17 Å². The van der Waals surface area contributed by atoms with Gasteiger partial charge in [-0.3, -0.25) is 4.79 Å². The highest BCUT2D eigenvalue weighted by Crippen LogP contribution is 2.54. The van der Waals surface area contributed by atoms with Crippen LogP contribution in [0.2, 0.25) is 0 Å². The van der Waals surface area contributed by atoms with E-state index in [1.54, 1.807) is 0 Å². The van der Waals surface area contributed by atoms with Crippen molar-refractivity contribution in [2.24, 2.45) is 11.8 Å². The van der Waals surface area contributed by atoms with Crippen molar-refractivity contribution >= 4 is 18.3 Å². The summed E-state index contributed by atoms with van der Waals surface area (Å²) < 4.78 is 21.6. The van der Waals surface area contributed by atoms with Crippen LogP contribution in [0.1, 0.15) is 36.0 Å². The van der Waals surface area contributed by atoms with Crippen molar-refractivity contribution < 1.29 is 13.9 Å². The molecule has 1 aliphatic carbocycles. The minimum absolute atomic E-state index is 0.